The Morgan fingerprint density at radius 2 is 1.89 bits per heavy atom. The maximum absolute atomic E-state index is 12.4. The summed E-state index contributed by atoms with van der Waals surface area (Å²) in [5.41, 5.74) is 8.84. The Hall–Kier alpha value is -3.61. The van der Waals surface area contributed by atoms with Crippen molar-refractivity contribution in [3.05, 3.63) is 53.8 Å². The summed E-state index contributed by atoms with van der Waals surface area (Å²) in [7, 11) is 0. The van der Waals surface area contributed by atoms with Gasteiger partial charge in [0.25, 0.3) is 0 Å². The summed E-state index contributed by atoms with van der Waals surface area (Å²) in [4.78, 5) is 28.0. The highest BCUT2D eigenvalue weighted by Crippen LogP contribution is 2.33. The molecule has 7 nitrogen and oxygen atoms in total. The smallest absolute Gasteiger partial charge is 0.342 e. The van der Waals surface area contributed by atoms with E-state index in [1.54, 1.807) is 31.2 Å². The predicted molar refractivity (Wildman–Crippen MR) is 107 cm³/mol. The first-order chi connectivity index (χ1) is 13.4. The van der Waals surface area contributed by atoms with Crippen LogP contribution < -0.4 is 11.1 Å². The van der Waals surface area contributed by atoms with Crippen LogP contribution in [0.4, 0.5) is 11.5 Å². The second kappa shape index (κ2) is 7.96. The van der Waals surface area contributed by atoms with E-state index in [2.05, 4.69) is 10.3 Å². The third-order valence-electron chi connectivity index (χ3n) is 4.03. The van der Waals surface area contributed by atoms with Crippen molar-refractivity contribution in [1.29, 1.82) is 0 Å². The number of rotatable bonds is 5. The van der Waals surface area contributed by atoms with Crippen molar-refractivity contribution in [3.8, 4) is 22.6 Å². The van der Waals surface area contributed by atoms with Crippen LogP contribution in [-0.2, 0) is 9.53 Å². The number of benzene rings is 1. The van der Waals surface area contributed by atoms with E-state index >= 15 is 0 Å². The number of aryl methyl sites for hydroxylation is 1. The van der Waals surface area contributed by atoms with Crippen LogP contribution in [0.2, 0.25) is 0 Å². The lowest BCUT2D eigenvalue weighted by molar-refractivity contribution is -0.114. The quantitative estimate of drug-likeness (QED) is 0.648. The number of nitrogens with one attached hydrogen (secondary N) is 1. The van der Waals surface area contributed by atoms with Gasteiger partial charge in [-0.3, -0.25) is 4.79 Å². The number of carbonyl (C=O) groups excluding carboxylic acids is 2. The Bertz CT molecular complexity index is 1020. The van der Waals surface area contributed by atoms with Gasteiger partial charge in [0.05, 0.1) is 12.3 Å². The summed E-state index contributed by atoms with van der Waals surface area (Å²) >= 11 is 0. The number of aromatic nitrogens is 1. The fourth-order valence-corrected chi connectivity index (χ4v) is 2.83. The molecule has 28 heavy (non-hydrogen) atoms. The first kappa shape index (κ1) is 19.2. The summed E-state index contributed by atoms with van der Waals surface area (Å²) in [6, 6.07) is 12.5. The molecule has 0 saturated carbocycles. The number of ether oxygens (including phenoxy) is 1. The SMILES string of the molecule is CCOC(=O)c1c(-c2ccc(C)o2)cc(-c2ccc(NC(C)=O)cc2)nc1N. The van der Waals surface area contributed by atoms with E-state index in [0.29, 0.717) is 28.5 Å². The summed E-state index contributed by atoms with van der Waals surface area (Å²) in [6.07, 6.45) is 0. The van der Waals surface area contributed by atoms with Gasteiger partial charge in [-0.05, 0) is 44.2 Å². The molecule has 0 unspecified atom stereocenters. The molecule has 1 aromatic carbocycles. The molecular formula is C21H21N3O4. The minimum Gasteiger partial charge on any atom is -0.462 e. The zero-order valence-corrected chi connectivity index (χ0v) is 15.9. The fraction of sp³-hybridized carbons (Fsp3) is 0.190. The van der Waals surface area contributed by atoms with Crippen LogP contribution in [0.25, 0.3) is 22.6 Å². The highest BCUT2D eigenvalue weighted by atomic mass is 16.5. The maximum Gasteiger partial charge on any atom is 0.342 e. The fourth-order valence-electron chi connectivity index (χ4n) is 2.83. The third kappa shape index (κ3) is 4.03. The average molecular weight is 379 g/mol. The lowest BCUT2D eigenvalue weighted by Crippen LogP contribution is -2.12. The zero-order chi connectivity index (χ0) is 20.3. The molecule has 0 aliphatic carbocycles. The molecule has 3 rings (SSSR count). The Labute approximate surface area is 162 Å². The van der Waals surface area contributed by atoms with Crippen LogP contribution in [0, 0.1) is 6.92 Å². The molecule has 2 heterocycles. The van der Waals surface area contributed by atoms with Gasteiger partial charge in [0.1, 0.15) is 22.9 Å². The summed E-state index contributed by atoms with van der Waals surface area (Å²) in [5.74, 6) is 0.576. The van der Waals surface area contributed by atoms with Crippen LogP contribution in [0.1, 0.15) is 30.0 Å². The summed E-state index contributed by atoms with van der Waals surface area (Å²) in [5, 5.41) is 2.71. The molecule has 0 spiro atoms. The number of pyridine rings is 1. The molecule has 0 aliphatic rings. The van der Waals surface area contributed by atoms with Crippen LogP contribution in [0.15, 0.2) is 46.9 Å². The molecule has 3 aromatic rings. The molecule has 3 N–H and O–H groups in total. The molecule has 0 aliphatic heterocycles. The van der Waals surface area contributed by atoms with Crippen LogP contribution >= 0.6 is 0 Å². The molecule has 0 fully saturated rings. The Morgan fingerprint density at radius 3 is 2.46 bits per heavy atom. The van der Waals surface area contributed by atoms with E-state index in [0.717, 1.165) is 5.56 Å². The Kier molecular flexibility index (Phi) is 5.44. The first-order valence-electron chi connectivity index (χ1n) is 8.81. The van der Waals surface area contributed by atoms with Crippen molar-refractivity contribution < 1.29 is 18.7 Å². The standard InChI is InChI=1S/C21H21N3O4/c1-4-27-21(26)19-16(18-10-5-12(2)28-18)11-17(24-20(19)22)14-6-8-15(9-7-14)23-13(3)25/h5-11H,4H2,1-3H3,(H2,22,24)(H,23,25). The number of nitrogens with zero attached hydrogens (tertiary/aromatic N) is 1. The Balaban J connectivity index is 2.10. The number of nitrogen functional groups attached to an aromatic ring is 1. The molecule has 2 aromatic heterocycles. The average Bonchev–Trinajstić information content (AvgIpc) is 3.07. The zero-order valence-electron chi connectivity index (χ0n) is 15.9. The first-order valence-corrected chi connectivity index (χ1v) is 8.81. The molecule has 0 atom stereocenters. The van der Waals surface area contributed by atoms with E-state index in [1.807, 2.05) is 25.1 Å². The van der Waals surface area contributed by atoms with E-state index in [1.165, 1.54) is 6.92 Å². The van der Waals surface area contributed by atoms with E-state index in [9.17, 15) is 9.59 Å². The number of anilines is 2. The number of furan rings is 1. The third-order valence-corrected chi connectivity index (χ3v) is 4.03. The normalized spacial score (nSPS) is 10.5. The van der Waals surface area contributed by atoms with Crippen LogP contribution in [0.5, 0.6) is 0 Å². The number of esters is 1. The lowest BCUT2D eigenvalue weighted by atomic mass is 10.0. The molecule has 1 amide bonds. The predicted octanol–water partition coefficient (Wildman–Crippen LogP) is 4.03. The van der Waals surface area contributed by atoms with Gasteiger partial charge in [0, 0.05) is 23.7 Å². The van der Waals surface area contributed by atoms with Crippen molar-refractivity contribution in [1.82, 2.24) is 4.98 Å². The van der Waals surface area contributed by atoms with Gasteiger partial charge in [-0.2, -0.15) is 0 Å². The number of nitrogens with two attached hydrogens (primary N) is 1. The highest BCUT2D eigenvalue weighted by Gasteiger charge is 2.22. The molecule has 0 radical (unpaired) electrons. The van der Waals surface area contributed by atoms with Gasteiger partial charge >= 0.3 is 5.97 Å². The van der Waals surface area contributed by atoms with Crippen LogP contribution in [-0.4, -0.2) is 23.5 Å². The number of carbonyl (C=O) groups is 2. The van der Waals surface area contributed by atoms with Crippen molar-refractivity contribution >= 4 is 23.4 Å². The van der Waals surface area contributed by atoms with Gasteiger partial charge in [-0.1, -0.05) is 12.1 Å². The summed E-state index contributed by atoms with van der Waals surface area (Å²) < 4.78 is 10.8. The van der Waals surface area contributed by atoms with Gasteiger partial charge in [-0.25, -0.2) is 9.78 Å². The van der Waals surface area contributed by atoms with Crippen molar-refractivity contribution in [2.24, 2.45) is 0 Å². The molecule has 0 saturated heterocycles. The minimum atomic E-state index is -0.552. The van der Waals surface area contributed by atoms with Gasteiger partial charge in [-0.15, -0.1) is 0 Å². The van der Waals surface area contributed by atoms with E-state index in [-0.39, 0.29) is 23.9 Å². The molecule has 144 valence electrons. The van der Waals surface area contributed by atoms with Crippen molar-refractivity contribution in [2.45, 2.75) is 20.8 Å². The van der Waals surface area contributed by atoms with Crippen molar-refractivity contribution in [2.75, 3.05) is 17.7 Å². The van der Waals surface area contributed by atoms with Gasteiger partial charge in [0.2, 0.25) is 5.91 Å². The topological polar surface area (TPSA) is 107 Å². The van der Waals surface area contributed by atoms with Crippen molar-refractivity contribution in [3.63, 3.8) is 0 Å². The monoisotopic (exact) mass is 379 g/mol. The Morgan fingerprint density at radius 1 is 1.18 bits per heavy atom. The van der Waals surface area contributed by atoms with E-state index < -0.39 is 5.97 Å². The maximum atomic E-state index is 12.4. The second-order valence-electron chi connectivity index (χ2n) is 6.20. The number of hydrogen-bond acceptors (Lipinski definition) is 6. The van der Waals surface area contributed by atoms with Gasteiger partial charge < -0.3 is 20.2 Å². The highest BCUT2D eigenvalue weighted by molar-refractivity contribution is 6.02. The largest absolute Gasteiger partial charge is 0.462 e. The number of amides is 1. The molecular weight excluding hydrogens is 358 g/mol. The molecule has 0 bridgehead atoms. The van der Waals surface area contributed by atoms with E-state index in [4.69, 9.17) is 14.9 Å². The minimum absolute atomic E-state index is 0.0611. The van der Waals surface area contributed by atoms with Crippen LogP contribution in [0.3, 0.4) is 0 Å². The van der Waals surface area contributed by atoms with Gasteiger partial charge in [0.15, 0.2) is 0 Å². The number of hydrogen-bond donors (Lipinski definition) is 2. The summed E-state index contributed by atoms with van der Waals surface area (Å²) in [6.45, 7) is 5.21. The second-order valence-corrected chi connectivity index (χ2v) is 6.20. The lowest BCUT2D eigenvalue weighted by Gasteiger charge is -2.12. The molecule has 7 heteroatoms.